The fraction of sp³-hybridized carbons (Fsp3) is 0.300. The molecule has 0 fully saturated rings. The van der Waals surface area contributed by atoms with Crippen molar-refractivity contribution in [3.05, 3.63) is 34.3 Å². The van der Waals surface area contributed by atoms with Gasteiger partial charge >= 0.3 is 0 Å². The summed E-state index contributed by atoms with van der Waals surface area (Å²) in [7, 11) is 0. The van der Waals surface area contributed by atoms with Gasteiger partial charge < -0.3 is 5.32 Å². The zero-order valence-electron chi connectivity index (χ0n) is 7.76. The Morgan fingerprint density at radius 3 is 2.57 bits per heavy atom. The molecule has 0 spiro atoms. The quantitative estimate of drug-likeness (QED) is 0.845. The van der Waals surface area contributed by atoms with Gasteiger partial charge in [0.15, 0.2) is 0 Å². The molecule has 0 bridgehead atoms. The molecule has 1 amide bonds. The van der Waals surface area contributed by atoms with Crippen molar-refractivity contribution < 1.29 is 4.79 Å². The van der Waals surface area contributed by atoms with Gasteiger partial charge in [-0.25, -0.2) is 0 Å². The summed E-state index contributed by atoms with van der Waals surface area (Å²) >= 11 is 8.74. The Morgan fingerprint density at radius 1 is 1.50 bits per heavy atom. The summed E-state index contributed by atoms with van der Waals surface area (Å²) < 4.78 is 1.03. The molecular weight excluding hydrogens is 265 g/mol. The normalized spacial score (nSPS) is 12.2. The van der Waals surface area contributed by atoms with E-state index < -0.39 is 0 Å². The molecule has 0 radical (unpaired) electrons. The number of benzene rings is 1. The molecular formula is C10H11BrClNO. The lowest BCUT2D eigenvalue weighted by molar-refractivity contribution is -0.119. The highest BCUT2D eigenvalue weighted by Gasteiger charge is 2.07. The summed E-state index contributed by atoms with van der Waals surface area (Å²) in [5, 5.41) is 2.78. The van der Waals surface area contributed by atoms with Crippen molar-refractivity contribution in [1.82, 2.24) is 5.32 Å². The second kappa shape index (κ2) is 5.37. The van der Waals surface area contributed by atoms with E-state index in [2.05, 4.69) is 21.2 Å². The predicted octanol–water partition coefficient (Wildman–Crippen LogP) is 2.87. The van der Waals surface area contributed by atoms with Gasteiger partial charge in [-0.05, 0) is 24.6 Å². The molecule has 76 valence electrons. The molecule has 14 heavy (non-hydrogen) atoms. The lowest BCUT2D eigenvalue weighted by Crippen LogP contribution is -2.27. The molecule has 0 saturated carbocycles. The first kappa shape index (κ1) is 11.5. The highest BCUT2D eigenvalue weighted by Crippen LogP contribution is 2.16. The van der Waals surface area contributed by atoms with Crippen LogP contribution in [0.4, 0.5) is 0 Å². The molecule has 0 aliphatic heterocycles. The Morgan fingerprint density at radius 2 is 2.07 bits per heavy atom. The molecule has 2 nitrogen and oxygen atoms in total. The summed E-state index contributed by atoms with van der Waals surface area (Å²) in [6, 6.07) is 7.80. The fourth-order valence-corrected chi connectivity index (χ4v) is 1.46. The molecule has 1 atom stereocenters. The van der Waals surface area contributed by atoms with Crippen LogP contribution >= 0.6 is 27.5 Å². The minimum atomic E-state index is -0.151. The summed E-state index contributed by atoms with van der Waals surface area (Å²) in [5.41, 5.74) is 1.06. The van der Waals surface area contributed by atoms with Gasteiger partial charge in [-0.1, -0.05) is 28.1 Å². The lowest BCUT2D eigenvalue weighted by Gasteiger charge is -2.13. The minimum Gasteiger partial charge on any atom is -0.349 e. The molecule has 1 N–H and O–H groups in total. The number of nitrogens with one attached hydrogen (secondary N) is 1. The Hall–Kier alpha value is -0.540. The van der Waals surface area contributed by atoms with Crippen LogP contribution in [0.3, 0.4) is 0 Å². The molecule has 0 saturated heterocycles. The summed E-state index contributed by atoms with van der Waals surface area (Å²) in [6.45, 7) is 1.92. The van der Waals surface area contributed by atoms with Crippen LogP contribution in [0.15, 0.2) is 28.7 Å². The minimum absolute atomic E-state index is 0.000861. The number of halogens is 2. The molecule has 0 aromatic heterocycles. The van der Waals surface area contributed by atoms with Crippen LogP contribution in [-0.4, -0.2) is 11.8 Å². The third-order valence-electron chi connectivity index (χ3n) is 1.87. The number of hydrogen-bond acceptors (Lipinski definition) is 1. The number of amides is 1. The van der Waals surface area contributed by atoms with Crippen LogP contribution in [0.1, 0.15) is 18.5 Å². The average molecular weight is 277 g/mol. The zero-order valence-corrected chi connectivity index (χ0v) is 10.1. The lowest BCUT2D eigenvalue weighted by atomic mass is 10.1. The number of carbonyl (C=O) groups is 1. The highest BCUT2D eigenvalue weighted by atomic mass is 79.9. The van der Waals surface area contributed by atoms with E-state index >= 15 is 0 Å². The van der Waals surface area contributed by atoms with E-state index in [0.717, 1.165) is 10.0 Å². The Bertz CT molecular complexity index is 312. The van der Waals surface area contributed by atoms with Gasteiger partial charge in [0, 0.05) is 4.47 Å². The summed E-state index contributed by atoms with van der Waals surface area (Å²) in [5.74, 6) is -0.150. The van der Waals surface area contributed by atoms with Crippen molar-refractivity contribution in [2.24, 2.45) is 0 Å². The second-order valence-corrected chi connectivity index (χ2v) is 4.16. The van der Waals surface area contributed by atoms with E-state index in [0.29, 0.717) is 0 Å². The van der Waals surface area contributed by atoms with E-state index in [9.17, 15) is 4.79 Å². The van der Waals surface area contributed by atoms with E-state index in [4.69, 9.17) is 11.6 Å². The summed E-state index contributed by atoms with van der Waals surface area (Å²) in [4.78, 5) is 11.0. The van der Waals surface area contributed by atoms with Gasteiger partial charge in [-0.15, -0.1) is 11.6 Å². The van der Waals surface area contributed by atoms with Gasteiger partial charge in [0.05, 0.1) is 6.04 Å². The zero-order chi connectivity index (χ0) is 10.6. The monoisotopic (exact) mass is 275 g/mol. The molecule has 0 aliphatic carbocycles. The van der Waals surface area contributed by atoms with Gasteiger partial charge in [-0.3, -0.25) is 4.79 Å². The first-order valence-electron chi connectivity index (χ1n) is 4.24. The number of hydrogen-bond donors (Lipinski definition) is 1. The van der Waals surface area contributed by atoms with Gasteiger partial charge in [-0.2, -0.15) is 0 Å². The molecule has 1 aromatic rings. The first-order valence-corrected chi connectivity index (χ1v) is 5.57. The maximum absolute atomic E-state index is 11.0. The molecule has 0 aliphatic rings. The van der Waals surface area contributed by atoms with Crippen LogP contribution < -0.4 is 5.32 Å². The molecule has 0 unspecified atom stereocenters. The van der Waals surface area contributed by atoms with Gasteiger partial charge in [0.25, 0.3) is 0 Å². The standard InChI is InChI=1S/C10H11BrClNO/c1-7(13-10(14)6-12)8-2-4-9(11)5-3-8/h2-5,7H,6H2,1H3,(H,13,14)/t7-/m0/s1. The molecule has 1 rings (SSSR count). The Labute approximate surface area is 96.8 Å². The number of rotatable bonds is 3. The maximum atomic E-state index is 11.0. The van der Waals surface area contributed by atoms with Crippen molar-refractivity contribution in [3.8, 4) is 0 Å². The van der Waals surface area contributed by atoms with Crippen LogP contribution in [0.25, 0.3) is 0 Å². The van der Waals surface area contributed by atoms with Crippen LogP contribution in [0, 0.1) is 0 Å². The van der Waals surface area contributed by atoms with E-state index in [-0.39, 0.29) is 17.8 Å². The van der Waals surface area contributed by atoms with Crippen LogP contribution in [-0.2, 0) is 4.79 Å². The smallest absolute Gasteiger partial charge is 0.235 e. The first-order chi connectivity index (χ1) is 6.63. The Kier molecular flexibility index (Phi) is 4.42. The van der Waals surface area contributed by atoms with Crippen molar-refractivity contribution in [1.29, 1.82) is 0 Å². The van der Waals surface area contributed by atoms with Crippen molar-refractivity contribution in [2.45, 2.75) is 13.0 Å². The predicted molar refractivity (Wildman–Crippen MR) is 61.4 cm³/mol. The van der Waals surface area contributed by atoms with Gasteiger partial charge in [0.1, 0.15) is 5.88 Å². The van der Waals surface area contributed by atoms with Crippen molar-refractivity contribution >= 4 is 33.4 Å². The SMILES string of the molecule is C[C@H](NC(=O)CCl)c1ccc(Br)cc1. The largest absolute Gasteiger partial charge is 0.349 e. The van der Waals surface area contributed by atoms with Crippen LogP contribution in [0.5, 0.6) is 0 Å². The van der Waals surface area contributed by atoms with E-state index in [1.165, 1.54) is 0 Å². The van der Waals surface area contributed by atoms with Crippen molar-refractivity contribution in [2.75, 3.05) is 5.88 Å². The summed E-state index contributed by atoms with van der Waals surface area (Å²) in [6.07, 6.45) is 0. The van der Waals surface area contributed by atoms with Crippen molar-refractivity contribution in [3.63, 3.8) is 0 Å². The topological polar surface area (TPSA) is 29.1 Å². The maximum Gasteiger partial charge on any atom is 0.235 e. The highest BCUT2D eigenvalue weighted by molar-refractivity contribution is 9.10. The fourth-order valence-electron chi connectivity index (χ4n) is 1.11. The van der Waals surface area contributed by atoms with Gasteiger partial charge in [0.2, 0.25) is 5.91 Å². The number of alkyl halides is 1. The molecule has 0 heterocycles. The Balaban J connectivity index is 2.65. The van der Waals surface area contributed by atoms with E-state index in [1.807, 2.05) is 31.2 Å². The molecule has 1 aromatic carbocycles. The van der Waals surface area contributed by atoms with E-state index in [1.54, 1.807) is 0 Å². The average Bonchev–Trinajstić information content (AvgIpc) is 2.18. The third-order valence-corrected chi connectivity index (χ3v) is 2.64. The van der Waals surface area contributed by atoms with Crippen LogP contribution in [0.2, 0.25) is 0 Å². The third kappa shape index (κ3) is 3.31. The molecule has 4 heteroatoms. The second-order valence-electron chi connectivity index (χ2n) is 2.97. The number of carbonyl (C=O) groups excluding carboxylic acids is 1.